The summed E-state index contributed by atoms with van der Waals surface area (Å²) < 4.78 is 24.3. The second kappa shape index (κ2) is 8.14. The van der Waals surface area contributed by atoms with Gasteiger partial charge in [-0.15, -0.1) is 0 Å². The average Bonchev–Trinajstić information content (AvgIpc) is 2.70. The lowest BCUT2D eigenvalue weighted by Crippen LogP contribution is -2.40. The number of nitrogens with zero attached hydrogens (tertiary/aromatic N) is 1. The molecular formula is C21H24FN3O3. The number of anilines is 1. The number of amides is 1. The lowest BCUT2D eigenvalue weighted by molar-refractivity contribution is 0.0693. The van der Waals surface area contributed by atoms with E-state index >= 15 is 0 Å². The van der Waals surface area contributed by atoms with Gasteiger partial charge in [0.1, 0.15) is 18.1 Å². The van der Waals surface area contributed by atoms with E-state index in [1.165, 1.54) is 12.1 Å². The summed E-state index contributed by atoms with van der Waals surface area (Å²) >= 11 is 0. The molecule has 148 valence electrons. The van der Waals surface area contributed by atoms with E-state index in [1.807, 2.05) is 13.0 Å². The van der Waals surface area contributed by atoms with E-state index in [-0.39, 0.29) is 23.8 Å². The van der Waals surface area contributed by atoms with Gasteiger partial charge in [-0.3, -0.25) is 4.79 Å². The molecule has 1 atom stereocenters. The van der Waals surface area contributed by atoms with Crippen LogP contribution in [0.15, 0.2) is 30.3 Å². The average molecular weight is 385 g/mol. The number of carbonyl (C=O) groups excluding carboxylic acids is 1. The molecule has 0 radical (unpaired) electrons. The van der Waals surface area contributed by atoms with Crippen molar-refractivity contribution in [2.24, 2.45) is 0 Å². The minimum absolute atomic E-state index is 0.0804. The van der Waals surface area contributed by atoms with Crippen LogP contribution in [-0.4, -0.2) is 42.8 Å². The minimum Gasteiger partial charge on any atom is -0.474 e. The first-order chi connectivity index (χ1) is 13.6. The molecule has 0 bridgehead atoms. The molecule has 1 amide bonds. The largest absolute Gasteiger partial charge is 0.474 e. The van der Waals surface area contributed by atoms with Crippen molar-refractivity contribution in [1.82, 2.24) is 10.3 Å². The Bertz CT molecular complexity index is 851. The molecule has 1 saturated heterocycles. The fourth-order valence-electron chi connectivity index (χ4n) is 3.51. The van der Waals surface area contributed by atoms with E-state index in [4.69, 9.17) is 9.47 Å². The van der Waals surface area contributed by atoms with Crippen LogP contribution in [0.2, 0.25) is 0 Å². The van der Waals surface area contributed by atoms with Crippen molar-refractivity contribution in [3.63, 3.8) is 0 Å². The topological polar surface area (TPSA) is 72.5 Å². The van der Waals surface area contributed by atoms with Crippen LogP contribution >= 0.6 is 0 Å². The number of pyridine rings is 1. The van der Waals surface area contributed by atoms with Crippen molar-refractivity contribution in [3.05, 3.63) is 53.0 Å². The van der Waals surface area contributed by atoms with Gasteiger partial charge >= 0.3 is 0 Å². The second-order valence-electron chi connectivity index (χ2n) is 7.37. The zero-order chi connectivity index (χ0) is 19.5. The van der Waals surface area contributed by atoms with Crippen LogP contribution in [0.1, 0.15) is 41.4 Å². The normalized spacial score (nSPS) is 19.3. The molecule has 6 nitrogen and oxygen atoms in total. The van der Waals surface area contributed by atoms with Crippen molar-refractivity contribution in [1.29, 1.82) is 0 Å². The Hall–Kier alpha value is -2.67. The van der Waals surface area contributed by atoms with Gasteiger partial charge in [-0.1, -0.05) is 12.1 Å². The van der Waals surface area contributed by atoms with Gasteiger partial charge in [-0.05, 0) is 55.5 Å². The van der Waals surface area contributed by atoms with E-state index in [0.717, 1.165) is 29.7 Å². The summed E-state index contributed by atoms with van der Waals surface area (Å²) in [5, 5.41) is 6.42. The monoisotopic (exact) mass is 385 g/mol. The molecule has 1 aromatic carbocycles. The van der Waals surface area contributed by atoms with Gasteiger partial charge < -0.3 is 20.1 Å². The van der Waals surface area contributed by atoms with Gasteiger partial charge in [0, 0.05) is 19.3 Å². The number of hydrogen-bond acceptors (Lipinski definition) is 5. The highest BCUT2D eigenvalue weighted by molar-refractivity contribution is 5.95. The van der Waals surface area contributed by atoms with Crippen molar-refractivity contribution in [2.75, 3.05) is 25.1 Å². The number of fused-ring (bicyclic) bond motifs is 1. The van der Waals surface area contributed by atoms with Gasteiger partial charge in [-0.25, -0.2) is 9.37 Å². The predicted molar refractivity (Wildman–Crippen MR) is 103 cm³/mol. The molecule has 3 heterocycles. The number of hydrogen-bond donors (Lipinski definition) is 2. The van der Waals surface area contributed by atoms with Crippen molar-refractivity contribution >= 4 is 11.6 Å². The quantitative estimate of drug-likeness (QED) is 0.847. The molecule has 2 N–H and O–H groups in total. The summed E-state index contributed by atoms with van der Waals surface area (Å²) in [6, 6.07) is 8.45. The number of aromatic nitrogens is 1. The lowest BCUT2D eigenvalue weighted by atomic mass is 10.0. The van der Waals surface area contributed by atoms with Gasteiger partial charge in [0.25, 0.3) is 5.91 Å². The second-order valence-corrected chi connectivity index (χ2v) is 7.37. The standard InChI is InChI=1S/C21H24FN3O3/c1-13-12-28-21-18(23-13)11-15(10-14-2-4-16(22)5-3-14)19(25-21)20(26)24-17-6-8-27-9-7-17/h2-5,11,13,17,23H,6-10,12H2,1H3,(H,24,26). The summed E-state index contributed by atoms with van der Waals surface area (Å²) in [5.74, 6) is -0.0548. The third-order valence-electron chi connectivity index (χ3n) is 5.02. The molecule has 1 aromatic heterocycles. The van der Waals surface area contributed by atoms with Crippen molar-refractivity contribution < 1.29 is 18.7 Å². The smallest absolute Gasteiger partial charge is 0.270 e. The Morgan fingerprint density at radius 1 is 1.29 bits per heavy atom. The molecule has 2 aliphatic heterocycles. The Morgan fingerprint density at radius 3 is 2.79 bits per heavy atom. The molecule has 2 aromatic rings. The number of nitrogens with one attached hydrogen (secondary N) is 2. The van der Waals surface area contributed by atoms with Crippen LogP contribution in [-0.2, 0) is 11.2 Å². The van der Waals surface area contributed by atoms with Crippen LogP contribution in [0.3, 0.4) is 0 Å². The van der Waals surface area contributed by atoms with E-state index in [1.54, 1.807) is 12.1 Å². The summed E-state index contributed by atoms with van der Waals surface area (Å²) in [6.07, 6.45) is 2.06. The molecule has 28 heavy (non-hydrogen) atoms. The highest BCUT2D eigenvalue weighted by Crippen LogP contribution is 2.30. The minimum atomic E-state index is -0.284. The SMILES string of the molecule is CC1COc2nc(C(=O)NC3CCOCC3)c(Cc3ccc(F)cc3)cc2N1. The maximum absolute atomic E-state index is 13.2. The molecule has 4 rings (SSSR count). The van der Waals surface area contributed by atoms with Crippen LogP contribution in [0.4, 0.5) is 10.1 Å². The maximum atomic E-state index is 13.2. The fraction of sp³-hybridized carbons (Fsp3) is 0.429. The Kier molecular flexibility index (Phi) is 5.43. The molecule has 0 aliphatic carbocycles. The summed E-state index contributed by atoms with van der Waals surface area (Å²) in [4.78, 5) is 17.5. The fourth-order valence-corrected chi connectivity index (χ4v) is 3.51. The molecule has 0 spiro atoms. The number of carbonyl (C=O) groups is 1. The third kappa shape index (κ3) is 4.25. The maximum Gasteiger partial charge on any atom is 0.270 e. The number of halogens is 1. The Morgan fingerprint density at radius 2 is 2.04 bits per heavy atom. The zero-order valence-electron chi connectivity index (χ0n) is 15.8. The highest BCUT2D eigenvalue weighted by atomic mass is 19.1. The zero-order valence-corrected chi connectivity index (χ0v) is 15.8. The van der Waals surface area contributed by atoms with Gasteiger partial charge in [0.15, 0.2) is 0 Å². The molecule has 1 fully saturated rings. The van der Waals surface area contributed by atoms with Crippen LogP contribution in [0.25, 0.3) is 0 Å². The number of benzene rings is 1. The van der Waals surface area contributed by atoms with Crippen molar-refractivity contribution in [2.45, 2.75) is 38.3 Å². The predicted octanol–water partition coefficient (Wildman–Crippen LogP) is 2.91. The van der Waals surface area contributed by atoms with Gasteiger partial charge in [0.2, 0.25) is 5.88 Å². The number of rotatable bonds is 4. The first-order valence-electron chi connectivity index (χ1n) is 9.65. The summed E-state index contributed by atoms with van der Waals surface area (Å²) in [7, 11) is 0. The summed E-state index contributed by atoms with van der Waals surface area (Å²) in [5.41, 5.74) is 2.82. The number of ether oxygens (including phenoxy) is 2. The van der Waals surface area contributed by atoms with Crippen LogP contribution in [0, 0.1) is 5.82 Å². The molecule has 7 heteroatoms. The van der Waals surface area contributed by atoms with E-state index < -0.39 is 0 Å². The molecule has 2 aliphatic rings. The molecule has 1 unspecified atom stereocenters. The highest BCUT2D eigenvalue weighted by Gasteiger charge is 2.25. The van der Waals surface area contributed by atoms with E-state index in [2.05, 4.69) is 15.6 Å². The summed E-state index contributed by atoms with van der Waals surface area (Å²) in [6.45, 7) is 3.82. The van der Waals surface area contributed by atoms with E-state index in [9.17, 15) is 9.18 Å². The van der Waals surface area contributed by atoms with E-state index in [0.29, 0.717) is 37.8 Å². The lowest BCUT2D eigenvalue weighted by Gasteiger charge is -2.26. The van der Waals surface area contributed by atoms with Crippen molar-refractivity contribution in [3.8, 4) is 5.88 Å². The van der Waals surface area contributed by atoms with Crippen LogP contribution in [0.5, 0.6) is 5.88 Å². The molecular weight excluding hydrogens is 361 g/mol. The third-order valence-corrected chi connectivity index (χ3v) is 5.02. The first-order valence-corrected chi connectivity index (χ1v) is 9.65. The Balaban J connectivity index is 1.64. The van der Waals surface area contributed by atoms with Gasteiger partial charge in [-0.2, -0.15) is 0 Å². The van der Waals surface area contributed by atoms with Gasteiger partial charge in [0.05, 0.1) is 11.7 Å². The Labute approximate surface area is 163 Å². The molecule has 0 saturated carbocycles. The van der Waals surface area contributed by atoms with Crippen LogP contribution < -0.4 is 15.4 Å². The first kappa shape index (κ1) is 18.7.